The Morgan fingerprint density at radius 1 is 1.45 bits per heavy atom. The van der Waals surface area contributed by atoms with E-state index in [4.69, 9.17) is 15.1 Å². The Morgan fingerprint density at radius 2 is 2.25 bits per heavy atom. The van der Waals surface area contributed by atoms with Crippen molar-refractivity contribution < 1.29 is 13.8 Å². The number of rotatable bonds is 2. The van der Waals surface area contributed by atoms with Gasteiger partial charge in [-0.15, -0.1) is 11.8 Å². The molecule has 0 aliphatic carbocycles. The molecule has 0 fully saturated rings. The molecule has 2 aromatic rings. The molecule has 0 amide bonds. The van der Waals surface area contributed by atoms with Gasteiger partial charge in [-0.3, -0.25) is 0 Å². The summed E-state index contributed by atoms with van der Waals surface area (Å²) >= 11 is 1.52. The highest BCUT2D eigenvalue weighted by Crippen LogP contribution is 2.31. The molecule has 3 rings (SSSR count). The molecule has 1 aromatic carbocycles. The Kier molecular flexibility index (Phi) is 3.08. The summed E-state index contributed by atoms with van der Waals surface area (Å²) in [6, 6.07) is 2.80. The molecule has 20 heavy (non-hydrogen) atoms. The summed E-state index contributed by atoms with van der Waals surface area (Å²) in [6.07, 6.45) is 0.759. The SMILES string of the molecule is CC1(C)CC(SCc2noc3cc(N)c(F)cc23)=NO1. The highest BCUT2D eigenvalue weighted by Gasteiger charge is 2.29. The monoisotopic (exact) mass is 295 g/mol. The van der Waals surface area contributed by atoms with Crippen LogP contribution in [0.1, 0.15) is 26.0 Å². The van der Waals surface area contributed by atoms with Gasteiger partial charge in [-0.25, -0.2) is 4.39 Å². The van der Waals surface area contributed by atoms with Crippen LogP contribution in [0, 0.1) is 5.82 Å². The predicted octanol–water partition coefficient (Wildman–Crippen LogP) is 3.29. The van der Waals surface area contributed by atoms with Gasteiger partial charge in [-0.2, -0.15) is 0 Å². The molecule has 7 heteroatoms. The molecule has 106 valence electrons. The number of halogens is 1. The van der Waals surface area contributed by atoms with Gasteiger partial charge in [0.05, 0.1) is 5.69 Å². The van der Waals surface area contributed by atoms with E-state index < -0.39 is 5.82 Å². The van der Waals surface area contributed by atoms with Crippen LogP contribution in [0.5, 0.6) is 0 Å². The number of aromatic nitrogens is 1. The summed E-state index contributed by atoms with van der Waals surface area (Å²) in [6.45, 7) is 3.96. The second kappa shape index (κ2) is 4.66. The number of benzene rings is 1. The molecule has 0 bridgehead atoms. The van der Waals surface area contributed by atoms with Crippen LogP contribution in [0.3, 0.4) is 0 Å². The Bertz CT molecular complexity index is 696. The highest BCUT2D eigenvalue weighted by molar-refractivity contribution is 8.13. The first-order valence-electron chi connectivity index (χ1n) is 6.16. The molecule has 2 heterocycles. The lowest BCUT2D eigenvalue weighted by Crippen LogP contribution is -2.18. The number of hydrogen-bond donors (Lipinski definition) is 1. The number of oxime groups is 1. The van der Waals surface area contributed by atoms with Crippen molar-refractivity contribution in [2.45, 2.75) is 31.6 Å². The predicted molar refractivity (Wildman–Crippen MR) is 76.9 cm³/mol. The van der Waals surface area contributed by atoms with Gasteiger partial charge in [0.15, 0.2) is 5.58 Å². The van der Waals surface area contributed by atoms with Crippen molar-refractivity contribution in [2.24, 2.45) is 5.16 Å². The lowest BCUT2D eigenvalue weighted by molar-refractivity contribution is 0.0123. The third-order valence-corrected chi connectivity index (χ3v) is 3.98. The minimum atomic E-state index is -0.463. The van der Waals surface area contributed by atoms with Crippen molar-refractivity contribution >= 4 is 33.5 Å². The maximum absolute atomic E-state index is 13.5. The maximum Gasteiger partial charge on any atom is 0.169 e. The first kappa shape index (κ1) is 13.2. The van der Waals surface area contributed by atoms with Crippen LogP contribution in [-0.4, -0.2) is 15.8 Å². The first-order chi connectivity index (χ1) is 9.44. The molecule has 0 unspecified atom stereocenters. The number of nitrogens with two attached hydrogens (primary N) is 1. The standard InChI is InChI=1S/C13H14FN3O2S/c1-13(2)5-12(17-19-13)20-6-10-7-3-8(14)9(15)4-11(7)18-16-10/h3-4H,5-6,15H2,1-2H3. The van der Waals surface area contributed by atoms with Crippen molar-refractivity contribution in [1.29, 1.82) is 0 Å². The van der Waals surface area contributed by atoms with E-state index in [-0.39, 0.29) is 11.3 Å². The number of nitrogen functional groups attached to an aromatic ring is 1. The van der Waals surface area contributed by atoms with Crippen molar-refractivity contribution in [3.05, 3.63) is 23.6 Å². The minimum Gasteiger partial charge on any atom is -0.396 e. The van der Waals surface area contributed by atoms with Crippen LogP contribution < -0.4 is 5.73 Å². The van der Waals surface area contributed by atoms with E-state index in [1.54, 1.807) is 0 Å². The van der Waals surface area contributed by atoms with E-state index in [9.17, 15) is 4.39 Å². The maximum atomic E-state index is 13.5. The third-order valence-electron chi connectivity index (χ3n) is 3.01. The van der Waals surface area contributed by atoms with Crippen molar-refractivity contribution in [3.8, 4) is 0 Å². The lowest BCUT2D eigenvalue weighted by atomic mass is 10.1. The van der Waals surface area contributed by atoms with E-state index >= 15 is 0 Å². The Hall–Kier alpha value is -1.76. The number of hydrogen-bond acceptors (Lipinski definition) is 6. The van der Waals surface area contributed by atoms with Crippen LogP contribution in [-0.2, 0) is 10.6 Å². The number of fused-ring (bicyclic) bond motifs is 1. The smallest absolute Gasteiger partial charge is 0.169 e. The fraction of sp³-hybridized carbons (Fsp3) is 0.385. The summed E-state index contributed by atoms with van der Waals surface area (Å²) in [5, 5.41) is 9.53. The van der Waals surface area contributed by atoms with E-state index in [0.717, 1.165) is 11.5 Å². The van der Waals surface area contributed by atoms with Crippen molar-refractivity contribution in [2.75, 3.05) is 5.73 Å². The average molecular weight is 295 g/mol. The zero-order valence-electron chi connectivity index (χ0n) is 11.1. The zero-order chi connectivity index (χ0) is 14.3. The van der Waals surface area contributed by atoms with Gasteiger partial charge >= 0.3 is 0 Å². The molecule has 1 aliphatic heterocycles. The number of anilines is 1. The molecule has 0 spiro atoms. The van der Waals surface area contributed by atoms with Gasteiger partial charge in [0.1, 0.15) is 22.2 Å². The molecule has 1 aromatic heterocycles. The molecule has 0 saturated heterocycles. The van der Waals surface area contributed by atoms with Gasteiger partial charge < -0.3 is 15.1 Å². The van der Waals surface area contributed by atoms with Crippen LogP contribution in [0.2, 0.25) is 0 Å². The van der Waals surface area contributed by atoms with E-state index in [1.807, 2.05) is 13.8 Å². The Labute approximate surface area is 119 Å². The van der Waals surface area contributed by atoms with Crippen LogP contribution in [0.25, 0.3) is 11.0 Å². The number of nitrogens with zero attached hydrogens (tertiary/aromatic N) is 2. The molecule has 2 N–H and O–H groups in total. The molecule has 0 saturated carbocycles. The van der Waals surface area contributed by atoms with Gasteiger partial charge in [-0.1, -0.05) is 10.3 Å². The van der Waals surface area contributed by atoms with E-state index in [0.29, 0.717) is 22.4 Å². The van der Waals surface area contributed by atoms with Gasteiger partial charge in [0.2, 0.25) is 0 Å². The van der Waals surface area contributed by atoms with Crippen LogP contribution >= 0.6 is 11.8 Å². The van der Waals surface area contributed by atoms with E-state index in [1.165, 1.54) is 23.9 Å². The zero-order valence-corrected chi connectivity index (χ0v) is 12.0. The summed E-state index contributed by atoms with van der Waals surface area (Å²) in [5.41, 5.74) is 6.47. The topological polar surface area (TPSA) is 73.6 Å². The second-order valence-electron chi connectivity index (χ2n) is 5.30. The largest absolute Gasteiger partial charge is 0.396 e. The van der Waals surface area contributed by atoms with Crippen LogP contribution in [0.15, 0.2) is 21.8 Å². The fourth-order valence-corrected chi connectivity index (χ4v) is 3.01. The van der Waals surface area contributed by atoms with Gasteiger partial charge in [0, 0.05) is 23.6 Å². The summed E-state index contributed by atoms with van der Waals surface area (Å²) in [7, 11) is 0. The lowest BCUT2D eigenvalue weighted by Gasteiger charge is -2.12. The first-order valence-corrected chi connectivity index (χ1v) is 7.14. The molecular formula is C13H14FN3O2S. The molecule has 1 aliphatic rings. The fourth-order valence-electron chi connectivity index (χ4n) is 1.96. The second-order valence-corrected chi connectivity index (χ2v) is 6.35. The quantitative estimate of drug-likeness (QED) is 0.860. The normalized spacial score (nSPS) is 17.2. The molecule has 0 radical (unpaired) electrons. The van der Waals surface area contributed by atoms with Crippen molar-refractivity contribution in [1.82, 2.24) is 5.16 Å². The molecule has 0 atom stereocenters. The minimum absolute atomic E-state index is 0.0585. The Balaban J connectivity index is 1.77. The molecule has 5 nitrogen and oxygen atoms in total. The van der Waals surface area contributed by atoms with Crippen LogP contribution in [0.4, 0.5) is 10.1 Å². The number of thioether (sulfide) groups is 1. The van der Waals surface area contributed by atoms with Crippen molar-refractivity contribution in [3.63, 3.8) is 0 Å². The van der Waals surface area contributed by atoms with E-state index in [2.05, 4.69) is 10.3 Å². The van der Waals surface area contributed by atoms with Gasteiger partial charge in [0.25, 0.3) is 0 Å². The third kappa shape index (κ3) is 2.45. The average Bonchev–Trinajstić information content (AvgIpc) is 2.91. The van der Waals surface area contributed by atoms with Gasteiger partial charge in [-0.05, 0) is 19.9 Å². The Morgan fingerprint density at radius 3 is 2.95 bits per heavy atom. The summed E-state index contributed by atoms with van der Waals surface area (Å²) < 4.78 is 18.7. The highest BCUT2D eigenvalue weighted by atomic mass is 32.2. The summed E-state index contributed by atoms with van der Waals surface area (Å²) in [4.78, 5) is 5.29. The molecular weight excluding hydrogens is 281 g/mol. The summed E-state index contributed by atoms with van der Waals surface area (Å²) in [5.74, 6) is 0.0869.